The highest BCUT2D eigenvalue weighted by molar-refractivity contribution is 5.94. The summed E-state index contributed by atoms with van der Waals surface area (Å²) in [5, 5.41) is 3.00. The standard InChI is InChI=1S/C17H18N4O/c1-3-21-15-7-5-4-6-14(15)20-16(21)12(2)19-17(22)13-8-10-18-11-9-13/h4-12H,3H2,1-2H3,(H,19,22). The number of aromatic nitrogens is 3. The fraction of sp³-hybridized carbons (Fsp3) is 0.235. The fourth-order valence-corrected chi connectivity index (χ4v) is 2.60. The Balaban J connectivity index is 1.89. The second-order valence-electron chi connectivity index (χ2n) is 5.13. The van der Waals surface area contributed by atoms with Crippen LogP contribution in [0.4, 0.5) is 0 Å². The Hall–Kier alpha value is -2.69. The van der Waals surface area contributed by atoms with Crippen molar-refractivity contribution < 1.29 is 4.79 Å². The Morgan fingerprint density at radius 1 is 1.23 bits per heavy atom. The zero-order valence-electron chi connectivity index (χ0n) is 12.7. The van der Waals surface area contributed by atoms with Crippen LogP contribution in [0.15, 0.2) is 48.8 Å². The van der Waals surface area contributed by atoms with Crippen LogP contribution in [-0.2, 0) is 6.54 Å². The number of amides is 1. The van der Waals surface area contributed by atoms with E-state index in [1.807, 2.05) is 31.2 Å². The molecule has 0 aliphatic heterocycles. The number of nitrogens with one attached hydrogen (secondary N) is 1. The van der Waals surface area contributed by atoms with Crippen molar-refractivity contribution in [2.24, 2.45) is 0 Å². The lowest BCUT2D eigenvalue weighted by Crippen LogP contribution is -2.28. The van der Waals surface area contributed by atoms with Crippen molar-refractivity contribution in [3.05, 3.63) is 60.2 Å². The molecular formula is C17H18N4O. The van der Waals surface area contributed by atoms with Crippen LogP contribution in [0, 0.1) is 0 Å². The number of rotatable bonds is 4. The molecule has 3 rings (SSSR count). The van der Waals surface area contributed by atoms with Crippen LogP contribution >= 0.6 is 0 Å². The molecule has 0 fully saturated rings. The van der Waals surface area contributed by atoms with Crippen molar-refractivity contribution in [1.29, 1.82) is 0 Å². The average molecular weight is 294 g/mol. The maximum atomic E-state index is 12.3. The van der Waals surface area contributed by atoms with Crippen LogP contribution in [0.1, 0.15) is 36.1 Å². The molecule has 3 aromatic rings. The van der Waals surface area contributed by atoms with Crippen LogP contribution in [0.3, 0.4) is 0 Å². The normalized spacial score (nSPS) is 12.3. The van der Waals surface area contributed by atoms with E-state index in [4.69, 9.17) is 0 Å². The van der Waals surface area contributed by atoms with Gasteiger partial charge < -0.3 is 9.88 Å². The van der Waals surface area contributed by atoms with Crippen molar-refractivity contribution in [3.63, 3.8) is 0 Å². The first-order valence-corrected chi connectivity index (χ1v) is 7.36. The molecule has 0 spiro atoms. The average Bonchev–Trinajstić information content (AvgIpc) is 2.94. The molecular weight excluding hydrogens is 276 g/mol. The summed E-state index contributed by atoms with van der Waals surface area (Å²) < 4.78 is 2.13. The first kappa shape index (κ1) is 14.3. The van der Waals surface area contributed by atoms with E-state index in [2.05, 4.69) is 26.8 Å². The molecule has 22 heavy (non-hydrogen) atoms. The molecule has 1 amide bonds. The molecule has 1 atom stereocenters. The Labute approximate surface area is 129 Å². The molecule has 0 aliphatic rings. The van der Waals surface area contributed by atoms with Crippen molar-refractivity contribution in [1.82, 2.24) is 19.9 Å². The van der Waals surface area contributed by atoms with E-state index >= 15 is 0 Å². The van der Waals surface area contributed by atoms with Crippen LogP contribution < -0.4 is 5.32 Å². The first-order chi connectivity index (χ1) is 10.7. The van der Waals surface area contributed by atoms with Crippen molar-refractivity contribution in [3.8, 4) is 0 Å². The van der Waals surface area contributed by atoms with Crippen molar-refractivity contribution in [2.45, 2.75) is 26.4 Å². The highest BCUT2D eigenvalue weighted by Gasteiger charge is 2.18. The number of aryl methyl sites for hydroxylation is 1. The molecule has 112 valence electrons. The van der Waals surface area contributed by atoms with Gasteiger partial charge >= 0.3 is 0 Å². The number of carbonyl (C=O) groups is 1. The van der Waals surface area contributed by atoms with E-state index in [9.17, 15) is 4.79 Å². The number of benzene rings is 1. The van der Waals surface area contributed by atoms with Gasteiger partial charge in [0, 0.05) is 24.5 Å². The summed E-state index contributed by atoms with van der Waals surface area (Å²) in [5.41, 5.74) is 2.63. The fourth-order valence-electron chi connectivity index (χ4n) is 2.60. The van der Waals surface area contributed by atoms with Gasteiger partial charge in [0.25, 0.3) is 5.91 Å². The molecule has 2 aromatic heterocycles. The van der Waals surface area contributed by atoms with Gasteiger partial charge in [-0.05, 0) is 38.1 Å². The second kappa shape index (κ2) is 5.97. The van der Waals surface area contributed by atoms with Gasteiger partial charge in [0.2, 0.25) is 0 Å². The van der Waals surface area contributed by atoms with E-state index in [-0.39, 0.29) is 11.9 Å². The number of pyridine rings is 1. The van der Waals surface area contributed by atoms with Crippen LogP contribution in [0.25, 0.3) is 11.0 Å². The molecule has 0 bridgehead atoms. The number of carbonyl (C=O) groups excluding carboxylic acids is 1. The Bertz CT molecular complexity index is 795. The number of hydrogen-bond acceptors (Lipinski definition) is 3. The minimum Gasteiger partial charge on any atom is -0.342 e. The summed E-state index contributed by atoms with van der Waals surface area (Å²) in [6.07, 6.45) is 3.22. The van der Waals surface area contributed by atoms with Crippen molar-refractivity contribution in [2.75, 3.05) is 0 Å². The predicted molar refractivity (Wildman–Crippen MR) is 85.5 cm³/mol. The third-order valence-corrected chi connectivity index (χ3v) is 3.68. The van der Waals surface area contributed by atoms with E-state index in [0.717, 1.165) is 23.4 Å². The molecule has 2 heterocycles. The Morgan fingerprint density at radius 2 is 1.95 bits per heavy atom. The lowest BCUT2D eigenvalue weighted by molar-refractivity contribution is 0.0937. The number of fused-ring (bicyclic) bond motifs is 1. The summed E-state index contributed by atoms with van der Waals surface area (Å²) in [4.78, 5) is 20.9. The number of hydrogen-bond donors (Lipinski definition) is 1. The van der Waals surface area contributed by atoms with Crippen LogP contribution in [-0.4, -0.2) is 20.4 Å². The van der Waals surface area contributed by atoms with Gasteiger partial charge in [0.05, 0.1) is 17.1 Å². The number of para-hydroxylation sites is 2. The Morgan fingerprint density at radius 3 is 2.68 bits per heavy atom. The van der Waals surface area contributed by atoms with Gasteiger partial charge in [-0.1, -0.05) is 12.1 Å². The number of imidazole rings is 1. The molecule has 0 saturated carbocycles. The minimum atomic E-state index is -0.173. The highest BCUT2D eigenvalue weighted by atomic mass is 16.1. The van der Waals surface area contributed by atoms with Gasteiger partial charge in [0.1, 0.15) is 5.82 Å². The van der Waals surface area contributed by atoms with Crippen LogP contribution in [0.5, 0.6) is 0 Å². The first-order valence-electron chi connectivity index (χ1n) is 7.36. The summed E-state index contributed by atoms with van der Waals surface area (Å²) in [5.74, 6) is 0.746. The lowest BCUT2D eigenvalue weighted by Gasteiger charge is -2.15. The minimum absolute atomic E-state index is 0.121. The molecule has 1 aromatic carbocycles. The summed E-state index contributed by atoms with van der Waals surface area (Å²) in [6.45, 7) is 4.84. The molecule has 5 nitrogen and oxygen atoms in total. The van der Waals surface area contributed by atoms with E-state index in [1.165, 1.54) is 0 Å². The van der Waals surface area contributed by atoms with Gasteiger partial charge in [0.15, 0.2) is 0 Å². The summed E-state index contributed by atoms with van der Waals surface area (Å²) >= 11 is 0. The van der Waals surface area contributed by atoms with Gasteiger partial charge in [-0.3, -0.25) is 9.78 Å². The third kappa shape index (κ3) is 2.57. The summed E-state index contributed by atoms with van der Waals surface area (Å²) in [6, 6.07) is 11.2. The third-order valence-electron chi connectivity index (χ3n) is 3.68. The zero-order chi connectivity index (χ0) is 15.5. The zero-order valence-corrected chi connectivity index (χ0v) is 12.7. The maximum absolute atomic E-state index is 12.3. The quantitative estimate of drug-likeness (QED) is 0.805. The molecule has 0 aliphatic carbocycles. The molecule has 5 heteroatoms. The molecule has 1 N–H and O–H groups in total. The van der Waals surface area contributed by atoms with Gasteiger partial charge in [-0.15, -0.1) is 0 Å². The second-order valence-corrected chi connectivity index (χ2v) is 5.13. The maximum Gasteiger partial charge on any atom is 0.251 e. The van der Waals surface area contributed by atoms with Gasteiger partial charge in [-0.25, -0.2) is 4.98 Å². The smallest absolute Gasteiger partial charge is 0.251 e. The SMILES string of the molecule is CCn1c(C(C)NC(=O)c2ccncc2)nc2ccccc21. The monoisotopic (exact) mass is 294 g/mol. The van der Waals surface area contributed by atoms with E-state index in [1.54, 1.807) is 24.5 Å². The topological polar surface area (TPSA) is 59.8 Å². The van der Waals surface area contributed by atoms with Crippen LogP contribution in [0.2, 0.25) is 0 Å². The molecule has 1 unspecified atom stereocenters. The predicted octanol–water partition coefficient (Wildman–Crippen LogP) is 2.94. The van der Waals surface area contributed by atoms with Gasteiger partial charge in [-0.2, -0.15) is 0 Å². The molecule has 0 saturated heterocycles. The lowest BCUT2D eigenvalue weighted by atomic mass is 10.2. The van der Waals surface area contributed by atoms with Crippen molar-refractivity contribution >= 4 is 16.9 Å². The van der Waals surface area contributed by atoms with E-state index < -0.39 is 0 Å². The molecule has 0 radical (unpaired) electrons. The summed E-state index contributed by atoms with van der Waals surface area (Å²) in [7, 11) is 0. The largest absolute Gasteiger partial charge is 0.342 e. The van der Waals surface area contributed by atoms with E-state index in [0.29, 0.717) is 5.56 Å². The Kier molecular flexibility index (Phi) is 3.87. The highest BCUT2D eigenvalue weighted by Crippen LogP contribution is 2.20. The number of nitrogens with zero attached hydrogens (tertiary/aromatic N) is 3.